The van der Waals surface area contributed by atoms with Crippen molar-refractivity contribution in [2.24, 2.45) is 0 Å². The van der Waals surface area contributed by atoms with Crippen LogP contribution in [-0.2, 0) is 15.1 Å². The SMILES string of the molecule is CC(C)n1ccnc1C(=O)[C@H](c1ccsc1)[C@]1(NC(=O)OC(C)(C)C)C(=O)N(C)c2ccccc21. The molecule has 3 aromatic rings. The number of fused-ring (bicyclic) bond motifs is 1. The van der Waals surface area contributed by atoms with Gasteiger partial charge in [0.2, 0.25) is 5.78 Å². The number of para-hydroxylation sites is 1. The molecule has 0 radical (unpaired) electrons. The first-order valence-electron chi connectivity index (χ1n) is 11.5. The summed E-state index contributed by atoms with van der Waals surface area (Å²) < 4.78 is 7.35. The maximum absolute atomic E-state index is 14.3. The summed E-state index contributed by atoms with van der Waals surface area (Å²) in [7, 11) is 1.64. The van der Waals surface area contributed by atoms with Gasteiger partial charge in [0.1, 0.15) is 5.60 Å². The number of ketones is 1. The lowest BCUT2D eigenvalue weighted by atomic mass is 9.73. The molecule has 4 rings (SSSR count). The molecule has 35 heavy (non-hydrogen) atoms. The van der Waals surface area contributed by atoms with Gasteiger partial charge < -0.3 is 19.5 Å². The third kappa shape index (κ3) is 4.25. The quantitative estimate of drug-likeness (QED) is 0.493. The minimum Gasteiger partial charge on any atom is -0.444 e. The van der Waals surface area contributed by atoms with Crippen LogP contribution in [0.5, 0.6) is 0 Å². The summed E-state index contributed by atoms with van der Waals surface area (Å²) in [6.07, 6.45) is 2.53. The summed E-state index contributed by atoms with van der Waals surface area (Å²) in [6.45, 7) is 9.15. The van der Waals surface area contributed by atoms with Crippen LogP contribution in [0.1, 0.15) is 68.3 Å². The molecular weight excluding hydrogens is 464 g/mol. The Morgan fingerprint density at radius 1 is 1.17 bits per heavy atom. The summed E-state index contributed by atoms with van der Waals surface area (Å²) in [5.41, 5.74) is -0.750. The number of aromatic nitrogens is 2. The molecule has 8 nitrogen and oxygen atoms in total. The Morgan fingerprint density at radius 3 is 2.51 bits per heavy atom. The number of thiophene rings is 1. The number of carbonyl (C=O) groups is 3. The fourth-order valence-electron chi connectivity index (χ4n) is 4.61. The fraction of sp³-hybridized carbons (Fsp3) is 0.385. The molecule has 0 saturated carbocycles. The number of Topliss-reactive ketones (excluding diaryl/α,β-unsaturated/α-hetero) is 1. The monoisotopic (exact) mass is 494 g/mol. The highest BCUT2D eigenvalue weighted by Gasteiger charge is 2.59. The van der Waals surface area contributed by atoms with Crippen molar-refractivity contribution in [3.63, 3.8) is 0 Å². The molecule has 184 valence electrons. The minimum atomic E-state index is -1.72. The van der Waals surface area contributed by atoms with E-state index < -0.39 is 29.1 Å². The number of imidazole rings is 1. The van der Waals surface area contributed by atoms with Gasteiger partial charge in [-0.15, -0.1) is 0 Å². The molecule has 0 saturated heterocycles. The highest BCUT2D eigenvalue weighted by atomic mass is 32.1. The fourth-order valence-corrected chi connectivity index (χ4v) is 5.30. The number of hydrogen-bond acceptors (Lipinski definition) is 6. The third-order valence-electron chi connectivity index (χ3n) is 6.05. The molecule has 0 bridgehead atoms. The van der Waals surface area contributed by atoms with E-state index in [-0.39, 0.29) is 17.6 Å². The van der Waals surface area contributed by atoms with E-state index in [1.54, 1.807) is 63.0 Å². The van der Waals surface area contributed by atoms with Crippen LogP contribution in [0, 0.1) is 0 Å². The first-order chi connectivity index (χ1) is 16.5. The van der Waals surface area contributed by atoms with E-state index in [1.807, 2.05) is 36.7 Å². The highest BCUT2D eigenvalue weighted by molar-refractivity contribution is 7.08. The number of carbonyl (C=O) groups excluding carboxylic acids is 3. The maximum atomic E-state index is 14.3. The van der Waals surface area contributed by atoms with Gasteiger partial charge in [-0.3, -0.25) is 9.59 Å². The number of ether oxygens (including phenoxy) is 1. The van der Waals surface area contributed by atoms with E-state index >= 15 is 0 Å². The standard InChI is InChI=1S/C26H30N4O4S/c1-16(2)30-13-12-27-22(30)21(31)20(17-11-14-35-15-17)26(28-24(33)34-25(3,4)5)18-9-7-8-10-19(18)29(6)23(26)32/h7-16,20H,1-6H3,(H,28,33)/t20-,26-/m0/s1. The molecule has 0 aliphatic carbocycles. The second-order valence-corrected chi connectivity index (χ2v) is 10.7. The highest BCUT2D eigenvalue weighted by Crippen LogP contribution is 2.49. The normalized spacial score (nSPS) is 18.5. The van der Waals surface area contributed by atoms with Gasteiger partial charge in [-0.2, -0.15) is 11.3 Å². The lowest BCUT2D eigenvalue weighted by Crippen LogP contribution is -2.58. The van der Waals surface area contributed by atoms with Gasteiger partial charge in [0.05, 0.1) is 5.92 Å². The molecule has 0 fully saturated rings. The molecule has 1 aliphatic rings. The second kappa shape index (κ2) is 8.96. The summed E-state index contributed by atoms with van der Waals surface area (Å²) >= 11 is 1.41. The Balaban J connectivity index is 1.97. The lowest BCUT2D eigenvalue weighted by molar-refractivity contribution is -0.124. The van der Waals surface area contributed by atoms with Crippen molar-refractivity contribution in [1.29, 1.82) is 0 Å². The molecular formula is C26H30N4O4S. The van der Waals surface area contributed by atoms with Crippen LogP contribution in [0.3, 0.4) is 0 Å². The molecule has 9 heteroatoms. The smallest absolute Gasteiger partial charge is 0.408 e. The molecule has 2 atom stereocenters. The zero-order chi connectivity index (χ0) is 25.5. The average Bonchev–Trinajstić information content (AvgIpc) is 3.51. The van der Waals surface area contributed by atoms with Crippen LogP contribution in [0.4, 0.5) is 10.5 Å². The van der Waals surface area contributed by atoms with Gasteiger partial charge in [-0.25, -0.2) is 9.78 Å². The molecule has 2 amide bonds. The maximum Gasteiger partial charge on any atom is 0.408 e. The number of nitrogens with zero attached hydrogens (tertiary/aromatic N) is 3. The minimum absolute atomic E-state index is 0.0245. The van der Waals surface area contributed by atoms with Gasteiger partial charge in [-0.1, -0.05) is 18.2 Å². The van der Waals surface area contributed by atoms with Crippen molar-refractivity contribution in [3.8, 4) is 0 Å². The van der Waals surface area contributed by atoms with Crippen LogP contribution >= 0.6 is 11.3 Å². The first kappa shape index (κ1) is 24.7. The van der Waals surface area contributed by atoms with Crippen LogP contribution in [-0.4, -0.2) is 40.0 Å². The predicted molar refractivity (Wildman–Crippen MR) is 135 cm³/mol. The number of nitrogens with one attached hydrogen (secondary N) is 1. The van der Waals surface area contributed by atoms with E-state index in [0.717, 1.165) is 0 Å². The van der Waals surface area contributed by atoms with Crippen LogP contribution in [0.15, 0.2) is 53.5 Å². The summed E-state index contributed by atoms with van der Waals surface area (Å²) in [4.78, 5) is 47.4. The Labute approximate surface area is 208 Å². The Morgan fingerprint density at radius 2 is 1.89 bits per heavy atom. The average molecular weight is 495 g/mol. The number of alkyl carbamates (subject to hydrolysis) is 1. The number of amides is 2. The van der Waals surface area contributed by atoms with Crippen molar-refractivity contribution >= 4 is 34.8 Å². The lowest BCUT2D eigenvalue weighted by Gasteiger charge is -2.36. The Bertz CT molecular complexity index is 1260. The zero-order valence-electron chi connectivity index (χ0n) is 20.7. The van der Waals surface area contributed by atoms with Crippen LogP contribution < -0.4 is 10.2 Å². The molecule has 1 N–H and O–H groups in total. The van der Waals surface area contributed by atoms with E-state index in [1.165, 1.54) is 16.2 Å². The van der Waals surface area contributed by atoms with Gasteiger partial charge in [0.25, 0.3) is 5.91 Å². The zero-order valence-corrected chi connectivity index (χ0v) is 21.6. The summed E-state index contributed by atoms with van der Waals surface area (Å²) in [5.74, 6) is -1.63. The molecule has 1 aliphatic heterocycles. The number of rotatable bonds is 6. The van der Waals surface area contributed by atoms with Gasteiger partial charge >= 0.3 is 6.09 Å². The predicted octanol–water partition coefficient (Wildman–Crippen LogP) is 4.89. The van der Waals surface area contributed by atoms with Crippen molar-refractivity contribution in [2.75, 3.05) is 11.9 Å². The second-order valence-electron chi connectivity index (χ2n) is 9.92. The van der Waals surface area contributed by atoms with Gasteiger partial charge in [0, 0.05) is 36.7 Å². The molecule has 3 heterocycles. The molecule has 0 spiro atoms. The third-order valence-corrected chi connectivity index (χ3v) is 6.75. The van der Waals surface area contributed by atoms with E-state index in [2.05, 4.69) is 10.3 Å². The van der Waals surface area contributed by atoms with Crippen molar-refractivity contribution in [3.05, 3.63) is 70.4 Å². The van der Waals surface area contributed by atoms with Crippen molar-refractivity contribution < 1.29 is 19.1 Å². The van der Waals surface area contributed by atoms with Crippen molar-refractivity contribution in [1.82, 2.24) is 14.9 Å². The van der Waals surface area contributed by atoms with Crippen molar-refractivity contribution in [2.45, 2.75) is 57.7 Å². The number of benzene rings is 1. The number of hydrogen-bond donors (Lipinski definition) is 1. The van der Waals surface area contributed by atoms with Crippen LogP contribution in [0.25, 0.3) is 0 Å². The molecule has 1 aromatic carbocycles. The topological polar surface area (TPSA) is 93.5 Å². The van der Waals surface area contributed by atoms with E-state index in [0.29, 0.717) is 16.8 Å². The van der Waals surface area contributed by atoms with E-state index in [9.17, 15) is 14.4 Å². The van der Waals surface area contributed by atoms with Gasteiger partial charge in [-0.05, 0) is 63.1 Å². The summed E-state index contributed by atoms with van der Waals surface area (Å²) in [5, 5.41) is 6.54. The van der Waals surface area contributed by atoms with Gasteiger partial charge in [0.15, 0.2) is 11.4 Å². The Kier molecular flexibility index (Phi) is 6.31. The first-order valence-corrected chi connectivity index (χ1v) is 12.4. The number of anilines is 1. The van der Waals surface area contributed by atoms with E-state index in [4.69, 9.17) is 4.74 Å². The summed E-state index contributed by atoms with van der Waals surface area (Å²) in [6, 6.07) is 8.97. The number of likely N-dealkylation sites (N-methyl/N-ethyl adjacent to an activating group) is 1. The largest absolute Gasteiger partial charge is 0.444 e. The molecule has 2 aromatic heterocycles. The molecule has 0 unspecified atom stereocenters. The Hall–Kier alpha value is -3.46. The van der Waals surface area contributed by atoms with Crippen LogP contribution in [0.2, 0.25) is 0 Å².